The SMILES string of the molecule is CC(C)NCc1ccc(OCc2nc(C(C)C)no2)cn1. The fraction of sp³-hybridized carbons (Fsp3) is 0.533. The average molecular weight is 290 g/mol. The van der Waals surface area contributed by atoms with Crippen LogP contribution in [0.15, 0.2) is 22.9 Å². The first-order valence-electron chi connectivity index (χ1n) is 7.18. The van der Waals surface area contributed by atoms with Crippen LogP contribution in [0.4, 0.5) is 0 Å². The van der Waals surface area contributed by atoms with E-state index in [1.807, 2.05) is 26.0 Å². The van der Waals surface area contributed by atoms with Crippen LogP contribution in [0.5, 0.6) is 5.75 Å². The zero-order chi connectivity index (χ0) is 15.2. The Hall–Kier alpha value is -1.95. The van der Waals surface area contributed by atoms with Crippen molar-refractivity contribution in [3.05, 3.63) is 35.7 Å². The number of rotatable bonds is 7. The first kappa shape index (κ1) is 15.4. The molecule has 2 heterocycles. The van der Waals surface area contributed by atoms with E-state index in [4.69, 9.17) is 9.26 Å². The van der Waals surface area contributed by atoms with Gasteiger partial charge in [0.2, 0.25) is 0 Å². The maximum atomic E-state index is 5.59. The van der Waals surface area contributed by atoms with E-state index < -0.39 is 0 Å². The van der Waals surface area contributed by atoms with Gasteiger partial charge in [-0.3, -0.25) is 4.98 Å². The lowest BCUT2D eigenvalue weighted by Gasteiger charge is -2.08. The Kier molecular flexibility index (Phi) is 5.27. The zero-order valence-corrected chi connectivity index (χ0v) is 13.0. The predicted octanol–water partition coefficient (Wildman–Crippen LogP) is 2.67. The summed E-state index contributed by atoms with van der Waals surface area (Å²) in [5, 5.41) is 7.21. The number of hydrogen-bond donors (Lipinski definition) is 1. The quantitative estimate of drug-likeness (QED) is 0.845. The lowest BCUT2D eigenvalue weighted by atomic mass is 10.2. The van der Waals surface area contributed by atoms with Crippen LogP contribution >= 0.6 is 0 Å². The third kappa shape index (κ3) is 4.82. The Morgan fingerprint density at radius 1 is 1.24 bits per heavy atom. The number of aromatic nitrogens is 3. The van der Waals surface area contributed by atoms with Crippen LogP contribution in [0, 0.1) is 0 Å². The molecule has 2 aromatic heterocycles. The first-order chi connectivity index (χ1) is 10.0. The third-order valence-corrected chi connectivity index (χ3v) is 2.85. The van der Waals surface area contributed by atoms with Gasteiger partial charge in [0.05, 0.1) is 11.9 Å². The van der Waals surface area contributed by atoms with Crippen molar-refractivity contribution >= 4 is 0 Å². The highest BCUT2D eigenvalue weighted by molar-refractivity contribution is 5.19. The molecule has 114 valence electrons. The standard InChI is InChI=1S/C15H22N4O2/c1-10(2)15-18-14(21-19-15)9-20-13-6-5-12(17-8-13)7-16-11(3)4/h5-6,8,10-11,16H,7,9H2,1-4H3. The number of pyridine rings is 1. The molecule has 6 nitrogen and oxygen atoms in total. The van der Waals surface area contributed by atoms with E-state index in [-0.39, 0.29) is 12.5 Å². The van der Waals surface area contributed by atoms with Crippen molar-refractivity contribution in [3.63, 3.8) is 0 Å². The molecule has 1 N–H and O–H groups in total. The molecule has 0 atom stereocenters. The van der Waals surface area contributed by atoms with E-state index in [1.54, 1.807) is 6.20 Å². The van der Waals surface area contributed by atoms with Crippen LogP contribution < -0.4 is 10.1 Å². The van der Waals surface area contributed by atoms with Crippen molar-refractivity contribution < 1.29 is 9.26 Å². The molecule has 2 rings (SSSR count). The molecule has 0 radical (unpaired) electrons. The van der Waals surface area contributed by atoms with E-state index in [1.165, 1.54) is 0 Å². The van der Waals surface area contributed by atoms with Crippen LogP contribution in [0.3, 0.4) is 0 Å². The lowest BCUT2D eigenvalue weighted by molar-refractivity contribution is 0.241. The van der Waals surface area contributed by atoms with E-state index >= 15 is 0 Å². The summed E-state index contributed by atoms with van der Waals surface area (Å²) in [7, 11) is 0. The van der Waals surface area contributed by atoms with Crippen LogP contribution in [0.25, 0.3) is 0 Å². The van der Waals surface area contributed by atoms with Crippen molar-refractivity contribution in [2.45, 2.75) is 52.8 Å². The molecule has 0 aliphatic rings. The summed E-state index contributed by atoms with van der Waals surface area (Å²) in [6, 6.07) is 4.28. The summed E-state index contributed by atoms with van der Waals surface area (Å²) in [6.07, 6.45) is 1.71. The van der Waals surface area contributed by atoms with Crippen LogP contribution in [0.1, 0.15) is 51.0 Å². The molecule has 0 aromatic carbocycles. The number of nitrogens with zero attached hydrogens (tertiary/aromatic N) is 3. The second-order valence-corrected chi connectivity index (χ2v) is 5.51. The molecule has 0 bridgehead atoms. The molecule has 0 unspecified atom stereocenters. The van der Waals surface area contributed by atoms with Gasteiger partial charge in [-0.1, -0.05) is 32.9 Å². The number of nitrogens with one attached hydrogen (secondary N) is 1. The third-order valence-electron chi connectivity index (χ3n) is 2.85. The Balaban J connectivity index is 1.85. The van der Waals surface area contributed by atoms with Gasteiger partial charge in [0.25, 0.3) is 5.89 Å². The molecule has 0 amide bonds. The van der Waals surface area contributed by atoms with Crippen LogP contribution in [-0.4, -0.2) is 21.2 Å². The van der Waals surface area contributed by atoms with Crippen molar-refractivity contribution in [2.75, 3.05) is 0 Å². The van der Waals surface area contributed by atoms with E-state index in [9.17, 15) is 0 Å². The molecule has 0 saturated carbocycles. The summed E-state index contributed by atoms with van der Waals surface area (Å²) in [5.41, 5.74) is 0.982. The molecule has 2 aromatic rings. The maximum absolute atomic E-state index is 5.59. The van der Waals surface area contributed by atoms with Crippen molar-refractivity contribution in [2.24, 2.45) is 0 Å². The Morgan fingerprint density at radius 2 is 2.05 bits per heavy atom. The average Bonchev–Trinajstić information content (AvgIpc) is 2.93. The smallest absolute Gasteiger partial charge is 0.264 e. The van der Waals surface area contributed by atoms with Crippen molar-refractivity contribution in [3.8, 4) is 5.75 Å². The Morgan fingerprint density at radius 3 is 2.62 bits per heavy atom. The van der Waals surface area contributed by atoms with Gasteiger partial charge in [-0.05, 0) is 12.1 Å². The lowest BCUT2D eigenvalue weighted by Crippen LogP contribution is -2.22. The molecule has 0 aliphatic carbocycles. The Labute approximate surface area is 124 Å². The minimum absolute atomic E-state index is 0.247. The summed E-state index contributed by atoms with van der Waals surface area (Å²) in [5.74, 6) is 2.11. The molecule has 0 aliphatic heterocycles. The second-order valence-electron chi connectivity index (χ2n) is 5.51. The molecule has 21 heavy (non-hydrogen) atoms. The minimum atomic E-state index is 0.247. The fourth-order valence-electron chi connectivity index (χ4n) is 1.62. The minimum Gasteiger partial charge on any atom is -0.482 e. The fourth-order valence-corrected chi connectivity index (χ4v) is 1.62. The zero-order valence-electron chi connectivity index (χ0n) is 13.0. The van der Waals surface area contributed by atoms with Crippen LogP contribution in [0.2, 0.25) is 0 Å². The highest BCUT2D eigenvalue weighted by atomic mass is 16.5. The van der Waals surface area contributed by atoms with Gasteiger partial charge < -0.3 is 14.6 Å². The van der Waals surface area contributed by atoms with Crippen molar-refractivity contribution in [1.29, 1.82) is 0 Å². The highest BCUT2D eigenvalue weighted by Crippen LogP contribution is 2.13. The normalized spacial score (nSPS) is 11.3. The Bertz CT molecular complexity index is 549. The van der Waals surface area contributed by atoms with E-state index in [2.05, 4.69) is 34.3 Å². The maximum Gasteiger partial charge on any atom is 0.264 e. The summed E-state index contributed by atoms with van der Waals surface area (Å²) >= 11 is 0. The molecule has 6 heteroatoms. The van der Waals surface area contributed by atoms with Crippen molar-refractivity contribution in [1.82, 2.24) is 20.4 Å². The second kappa shape index (κ2) is 7.17. The topological polar surface area (TPSA) is 73.1 Å². The molecular weight excluding hydrogens is 268 g/mol. The van der Waals surface area contributed by atoms with Gasteiger partial charge in [0.1, 0.15) is 5.75 Å². The molecular formula is C15H22N4O2. The predicted molar refractivity (Wildman–Crippen MR) is 78.9 cm³/mol. The monoisotopic (exact) mass is 290 g/mol. The highest BCUT2D eigenvalue weighted by Gasteiger charge is 2.10. The van der Waals surface area contributed by atoms with Gasteiger partial charge in [0, 0.05) is 18.5 Å². The molecule has 0 spiro atoms. The van der Waals surface area contributed by atoms with Gasteiger partial charge in [-0.2, -0.15) is 4.98 Å². The van der Waals surface area contributed by atoms with Gasteiger partial charge in [-0.15, -0.1) is 0 Å². The largest absolute Gasteiger partial charge is 0.482 e. The van der Waals surface area contributed by atoms with Crippen LogP contribution in [-0.2, 0) is 13.2 Å². The van der Waals surface area contributed by atoms with E-state index in [0.717, 1.165) is 12.2 Å². The molecule has 0 saturated heterocycles. The van der Waals surface area contributed by atoms with Gasteiger partial charge in [0.15, 0.2) is 12.4 Å². The summed E-state index contributed by atoms with van der Waals surface area (Å²) in [4.78, 5) is 8.60. The first-order valence-corrected chi connectivity index (χ1v) is 7.18. The summed E-state index contributed by atoms with van der Waals surface area (Å²) < 4.78 is 10.7. The number of ether oxygens (including phenoxy) is 1. The van der Waals surface area contributed by atoms with E-state index in [0.29, 0.717) is 23.5 Å². The van der Waals surface area contributed by atoms with Gasteiger partial charge in [-0.25, -0.2) is 0 Å². The number of hydrogen-bond acceptors (Lipinski definition) is 6. The molecule has 0 fully saturated rings. The summed E-state index contributed by atoms with van der Waals surface area (Å²) in [6.45, 7) is 9.25. The van der Waals surface area contributed by atoms with Gasteiger partial charge >= 0.3 is 0 Å².